The number of urea groups is 1. The number of carbonyl (C=O) groups excluding carboxylic acids is 1. The molecule has 2 aromatic rings. The van der Waals surface area contributed by atoms with Crippen LogP contribution in [0.1, 0.15) is 57.1 Å². The molecule has 7 nitrogen and oxygen atoms in total. The van der Waals surface area contributed by atoms with Gasteiger partial charge in [0.25, 0.3) is 0 Å². The van der Waals surface area contributed by atoms with Crippen LogP contribution < -0.4 is 5.32 Å². The van der Waals surface area contributed by atoms with Gasteiger partial charge in [-0.3, -0.25) is 4.90 Å². The van der Waals surface area contributed by atoms with Gasteiger partial charge in [-0.05, 0) is 93.2 Å². The summed E-state index contributed by atoms with van der Waals surface area (Å²) in [4.78, 5) is 18.0. The lowest BCUT2D eigenvalue weighted by Gasteiger charge is -2.38. The summed E-state index contributed by atoms with van der Waals surface area (Å²) in [6, 6.07) is 14.3. The Bertz CT molecular complexity index is 1360. The predicted molar refractivity (Wildman–Crippen MR) is 155 cm³/mol. The summed E-state index contributed by atoms with van der Waals surface area (Å²) in [5.74, 6) is 0.210. The van der Waals surface area contributed by atoms with Gasteiger partial charge in [0, 0.05) is 43.3 Å². The van der Waals surface area contributed by atoms with Crippen LogP contribution in [0.3, 0.4) is 0 Å². The van der Waals surface area contributed by atoms with Crippen molar-refractivity contribution in [1.82, 2.24) is 9.80 Å². The molecule has 2 N–H and O–H groups in total. The molecule has 0 aromatic heterocycles. The van der Waals surface area contributed by atoms with Crippen molar-refractivity contribution in [2.45, 2.75) is 75.2 Å². The van der Waals surface area contributed by atoms with Gasteiger partial charge in [-0.25, -0.2) is 9.18 Å². The fourth-order valence-electron chi connectivity index (χ4n) is 7.95. The number of aliphatic hydroxyl groups excluding tert-OH is 1. The van der Waals surface area contributed by atoms with Crippen molar-refractivity contribution in [3.8, 4) is 6.07 Å². The summed E-state index contributed by atoms with van der Waals surface area (Å²) in [7, 11) is 0. The third-order valence-electron chi connectivity index (χ3n) is 10.0. The van der Waals surface area contributed by atoms with Crippen molar-refractivity contribution in [1.29, 1.82) is 5.26 Å². The van der Waals surface area contributed by atoms with E-state index in [2.05, 4.69) is 36.2 Å². The maximum absolute atomic E-state index is 13.8. The fraction of sp³-hybridized carbons (Fsp3) is 0.562. The highest BCUT2D eigenvalue weighted by Crippen LogP contribution is 2.63. The van der Waals surface area contributed by atoms with E-state index >= 15 is 0 Å². The molecule has 4 aliphatic rings. The molecule has 2 aliphatic carbocycles. The number of likely N-dealkylation sites (tertiary alicyclic amines) is 1. The molecular formula is C32H38ClFN4O3. The highest BCUT2D eigenvalue weighted by atomic mass is 35.5. The van der Waals surface area contributed by atoms with Gasteiger partial charge in [0.2, 0.25) is 0 Å². The molecule has 41 heavy (non-hydrogen) atoms. The van der Waals surface area contributed by atoms with Crippen molar-refractivity contribution in [3.63, 3.8) is 0 Å². The van der Waals surface area contributed by atoms with E-state index in [1.807, 2.05) is 23.1 Å². The van der Waals surface area contributed by atoms with Crippen molar-refractivity contribution < 1.29 is 19.0 Å². The van der Waals surface area contributed by atoms with Crippen LogP contribution in [0, 0.1) is 29.0 Å². The normalized spacial score (nSPS) is 31.7. The Morgan fingerprint density at radius 3 is 2.85 bits per heavy atom. The van der Waals surface area contributed by atoms with E-state index in [1.54, 1.807) is 0 Å². The third kappa shape index (κ3) is 5.46. The first-order chi connectivity index (χ1) is 19.6. The molecule has 0 bridgehead atoms. The lowest BCUT2D eigenvalue weighted by atomic mass is 9.80. The largest absolute Gasteiger partial charge is 0.395 e. The molecular weight excluding hydrogens is 543 g/mol. The number of amides is 2. The number of ether oxygens (including phenoxy) is 1. The van der Waals surface area contributed by atoms with Crippen molar-refractivity contribution in [3.05, 3.63) is 64.4 Å². The molecule has 2 aliphatic heterocycles. The molecule has 2 saturated carbocycles. The second-order valence-electron chi connectivity index (χ2n) is 13.0. The van der Waals surface area contributed by atoms with Crippen LogP contribution in [0.15, 0.2) is 42.5 Å². The maximum atomic E-state index is 13.8. The number of hydrogen-bond acceptors (Lipinski definition) is 5. The summed E-state index contributed by atoms with van der Waals surface area (Å²) in [5, 5.41) is 22.6. The van der Waals surface area contributed by atoms with Gasteiger partial charge in [-0.15, -0.1) is 0 Å². The Balaban J connectivity index is 1.18. The zero-order chi connectivity index (χ0) is 28.9. The van der Waals surface area contributed by atoms with Crippen LogP contribution in [-0.4, -0.2) is 71.0 Å². The smallest absolute Gasteiger partial charge is 0.322 e. The summed E-state index contributed by atoms with van der Waals surface area (Å²) in [6.45, 7) is 6.17. The number of nitrogens with zero attached hydrogens (tertiary/aromatic N) is 3. The van der Waals surface area contributed by atoms with E-state index in [-0.39, 0.29) is 52.8 Å². The van der Waals surface area contributed by atoms with Crippen LogP contribution in [0.4, 0.5) is 14.9 Å². The highest BCUT2D eigenvalue weighted by Gasteiger charge is 2.58. The van der Waals surface area contributed by atoms with Crippen molar-refractivity contribution in [2.24, 2.45) is 11.8 Å². The average molecular weight is 581 g/mol. The second-order valence-corrected chi connectivity index (χ2v) is 13.4. The van der Waals surface area contributed by atoms with E-state index in [1.165, 1.54) is 23.8 Å². The molecule has 2 saturated heterocycles. The van der Waals surface area contributed by atoms with Crippen LogP contribution in [-0.2, 0) is 10.2 Å². The molecule has 6 atom stereocenters. The quantitative estimate of drug-likeness (QED) is 0.448. The first-order valence-electron chi connectivity index (χ1n) is 14.7. The number of benzene rings is 2. The minimum absolute atomic E-state index is 0.0115. The predicted octanol–water partition coefficient (Wildman–Crippen LogP) is 5.56. The number of nitriles is 1. The number of halogens is 2. The van der Waals surface area contributed by atoms with E-state index in [4.69, 9.17) is 16.3 Å². The molecule has 0 radical (unpaired) electrons. The van der Waals surface area contributed by atoms with Crippen LogP contribution in [0.25, 0.3) is 0 Å². The van der Waals surface area contributed by atoms with Gasteiger partial charge < -0.3 is 20.1 Å². The highest BCUT2D eigenvalue weighted by molar-refractivity contribution is 6.31. The van der Waals surface area contributed by atoms with E-state index in [9.17, 15) is 19.6 Å². The number of rotatable bonds is 7. The Hall–Kier alpha value is -2.70. The lowest BCUT2D eigenvalue weighted by Crippen LogP contribution is -2.49. The number of carbonyl (C=O) groups is 1. The van der Waals surface area contributed by atoms with Gasteiger partial charge in [-0.1, -0.05) is 23.7 Å². The fourth-order valence-corrected chi connectivity index (χ4v) is 8.13. The summed E-state index contributed by atoms with van der Waals surface area (Å²) >= 11 is 5.99. The molecule has 4 fully saturated rings. The van der Waals surface area contributed by atoms with Gasteiger partial charge in [-0.2, -0.15) is 5.26 Å². The number of fused-ring (bicyclic) bond motifs is 2. The molecule has 6 rings (SSSR count). The van der Waals surface area contributed by atoms with Crippen molar-refractivity contribution in [2.75, 3.05) is 31.6 Å². The Labute approximate surface area is 246 Å². The first kappa shape index (κ1) is 28.4. The number of anilines is 1. The minimum Gasteiger partial charge on any atom is -0.395 e. The van der Waals surface area contributed by atoms with Gasteiger partial charge >= 0.3 is 6.03 Å². The molecule has 0 spiro atoms. The topological polar surface area (TPSA) is 88.8 Å². The van der Waals surface area contributed by atoms with E-state index < -0.39 is 5.82 Å². The zero-order valence-electron chi connectivity index (χ0n) is 23.7. The standard InChI is InChI=1S/C32H38ClFN4O3/c1-31(2)16-25-28(19-39)37(18-29(25)41-31)10-11-38(30(40)36-23-6-7-27(34)26(33)14-23)24-8-9-32(15-22(32)13-24)21-5-3-4-20(12-21)17-35/h3-7,12,14,22,24-25,28-29,39H,8-11,13,15-16,18-19H2,1-2H3,(H,36,40)/t22?,24-,25-,28-,29+,32-/m1/s1. The summed E-state index contributed by atoms with van der Waals surface area (Å²) in [5.41, 5.74) is 2.28. The van der Waals surface area contributed by atoms with Crippen LogP contribution >= 0.6 is 11.6 Å². The summed E-state index contributed by atoms with van der Waals surface area (Å²) in [6.07, 6.45) is 4.78. The second kappa shape index (κ2) is 10.9. The van der Waals surface area contributed by atoms with E-state index in [0.717, 1.165) is 38.6 Å². The zero-order valence-corrected chi connectivity index (χ0v) is 24.4. The van der Waals surface area contributed by atoms with Gasteiger partial charge in [0.05, 0.1) is 35.0 Å². The van der Waals surface area contributed by atoms with Gasteiger partial charge in [0.15, 0.2) is 0 Å². The molecule has 2 aromatic carbocycles. The molecule has 2 heterocycles. The molecule has 1 unspecified atom stereocenters. The minimum atomic E-state index is -0.528. The van der Waals surface area contributed by atoms with Crippen LogP contribution in [0.2, 0.25) is 5.02 Å². The number of nitrogens with one attached hydrogen (secondary N) is 1. The Morgan fingerprint density at radius 2 is 2.12 bits per heavy atom. The summed E-state index contributed by atoms with van der Waals surface area (Å²) < 4.78 is 20.0. The Morgan fingerprint density at radius 1 is 1.29 bits per heavy atom. The lowest BCUT2D eigenvalue weighted by molar-refractivity contribution is -0.0204. The third-order valence-corrected chi connectivity index (χ3v) is 10.3. The maximum Gasteiger partial charge on any atom is 0.322 e. The Kier molecular flexibility index (Phi) is 7.52. The molecule has 218 valence electrons. The average Bonchev–Trinajstić information content (AvgIpc) is 3.51. The monoisotopic (exact) mass is 580 g/mol. The van der Waals surface area contributed by atoms with Gasteiger partial charge in [0.1, 0.15) is 5.82 Å². The first-order valence-corrected chi connectivity index (χ1v) is 15.1. The van der Waals surface area contributed by atoms with Crippen molar-refractivity contribution >= 4 is 23.3 Å². The van der Waals surface area contributed by atoms with E-state index in [0.29, 0.717) is 30.3 Å². The molecule has 9 heteroatoms. The SMILES string of the molecule is CC1(C)C[C@H]2[C@H](CN(CCN(C(=O)Nc3ccc(F)c(Cl)c3)[C@@H]3CC[C@]4(c5cccc(C#N)c5)CC4C3)[C@@H]2CO)O1. The number of hydrogen-bond donors (Lipinski definition) is 2. The van der Waals surface area contributed by atoms with Crippen LogP contribution in [0.5, 0.6) is 0 Å². The number of aliphatic hydroxyl groups is 1. The molecule has 2 amide bonds.